The molecule has 0 aliphatic heterocycles. The third kappa shape index (κ3) is 4.43. The van der Waals surface area contributed by atoms with E-state index in [1.165, 1.54) is 0 Å². The van der Waals surface area contributed by atoms with Crippen LogP contribution in [-0.4, -0.2) is 25.2 Å². The number of pyridine rings is 1. The van der Waals surface area contributed by atoms with E-state index in [0.717, 1.165) is 17.2 Å². The summed E-state index contributed by atoms with van der Waals surface area (Å²) >= 11 is 0. The van der Waals surface area contributed by atoms with Gasteiger partial charge in [0.1, 0.15) is 17.3 Å². The van der Waals surface area contributed by atoms with E-state index in [1.54, 1.807) is 6.92 Å². The minimum atomic E-state index is -1.24. The number of hydrogen-bond acceptors (Lipinski definition) is 3. The maximum absolute atomic E-state index is 14.6. The number of likely N-dealkylation sites (N-methyl/N-ethyl adjacent to an activating group) is 1. The van der Waals surface area contributed by atoms with E-state index in [2.05, 4.69) is 10.3 Å². The van der Waals surface area contributed by atoms with Gasteiger partial charge in [-0.25, -0.2) is 18.2 Å². The van der Waals surface area contributed by atoms with E-state index in [1.807, 2.05) is 50.4 Å². The van der Waals surface area contributed by atoms with Crippen LogP contribution in [-0.2, 0) is 0 Å². The Kier molecular flexibility index (Phi) is 6.54. The molecule has 0 radical (unpaired) electrons. The van der Waals surface area contributed by atoms with Crippen LogP contribution in [0.1, 0.15) is 29.7 Å². The zero-order valence-corrected chi connectivity index (χ0v) is 16.6. The molecule has 0 aliphatic rings. The molecular formula is C23H23F3N2O. The van der Waals surface area contributed by atoms with Gasteiger partial charge in [0.2, 0.25) is 0 Å². The second-order valence-corrected chi connectivity index (χ2v) is 6.74. The molecule has 3 nitrogen and oxygen atoms in total. The Morgan fingerprint density at radius 1 is 1.00 bits per heavy atom. The Labute approximate surface area is 168 Å². The van der Waals surface area contributed by atoms with E-state index in [9.17, 15) is 13.2 Å². The first kappa shape index (κ1) is 20.9. The average Bonchev–Trinajstić information content (AvgIpc) is 2.71. The fourth-order valence-electron chi connectivity index (χ4n) is 3.36. The molecule has 3 rings (SSSR count). The van der Waals surface area contributed by atoms with Gasteiger partial charge >= 0.3 is 0 Å². The molecule has 0 aliphatic carbocycles. The molecule has 0 saturated carbocycles. The first-order valence-electron chi connectivity index (χ1n) is 9.45. The molecule has 2 aromatic carbocycles. The van der Waals surface area contributed by atoms with Crippen molar-refractivity contribution < 1.29 is 17.9 Å². The predicted octanol–water partition coefficient (Wildman–Crippen LogP) is 5.22. The van der Waals surface area contributed by atoms with Crippen molar-refractivity contribution in [2.75, 3.05) is 20.2 Å². The van der Waals surface area contributed by atoms with Crippen LogP contribution >= 0.6 is 0 Å². The van der Waals surface area contributed by atoms with Crippen molar-refractivity contribution >= 4 is 0 Å². The number of hydrogen-bond donors (Lipinski definition) is 1. The Morgan fingerprint density at radius 2 is 1.69 bits per heavy atom. The summed E-state index contributed by atoms with van der Waals surface area (Å²) in [7, 11) is 1.84. The standard InChI is InChI=1S/C23H23F3N2O/c1-4-29-23-14(2)10-21(17(13-27-3)15-8-6-5-7-9-15)28-22(23)16-11-19(25)20(26)12-18(16)24/h5-12,17,27H,4,13H2,1-3H3. The zero-order valence-electron chi connectivity index (χ0n) is 16.6. The lowest BCUT2D eigenvalue weighted by Gasteiger charge is -2.21. The van der Waals surface area contributed by atoms with Crippen LogP contribution in [0.2, 0.25) is 0 Å². The summed E-state index contributed by atoms with van der Waals surface area (Å²) in [6, 6.07) is 13.0. The van der Waals surface area contributed by atoms with Crippen molar-refractivity contribution in [3.05, 3.63) is 82.8 Å². The first-order chi connectivity index (χ1) is 14.0. The van der Waals surface area contributed by atoms with E-state index in [0.29, 0.717) is 30.7 Å². The Balaban J connectivity index is 2.22. The topological polar surface area (TPSA) is 34.1 Å². The summed E-state index contributed by atoms with van der Waals surface area (Å²) in [5, 5.41) is 3.16. The fraction of sp³-hybridized carbons (Fsp3) is 0.261. The number of halogens is 3. The van der Waals surface area contributed by atoms with E-state index >= 15 is 0 Å². The Hall–Kier alpha value is -2.86. The molecule has 0 fully saturated rings. The molecule has 0 spiro atoms. The second kappa shape index (κ2) is 9.09. The molecule has 1 unspecified atom stereocenters. The van der Waals surface area contributed by atoms with Gasteiger partial charge in [-0.2, -0.15) is 0 Å². The number of aryl methyl sites for hydroxylation is 1. The van der Waals surface area contributed by atoms with Gasteiger partial charge in [0.15, 0.2) is 11.6 Å². The normalized spacial score (nSPS) is 12.1. The van der Waals surface area contributed by atoms with Crippen molar-refractivity contribution in [2.45, 2.75) is 19.8 Å². The lowest BCUT2D eigenvalue weighted by Crippen LogP contribution is -2.20. The number of nitrogens with one attached hydrogen (secondary N) is 1. The highest BCUT2D eigenvalue weighted by Crippen LogP contribution is 2.37. The average molecular weight is 400 g/mol. The monoisotopic (exact) mass is 400 g/mol. The minimum absolute atomic E-state index is 0.109. The summed E-state index contributed by atoms with van der Waals surface area (Å²) in [6.45, 7) is 4.56. The van der Waals surface area contributed by atoms with Gasteiger partial charge < -0.3 is 10.1 Å². The summed E-state index contributed by atoms with van der Waals surface area (Å²) in [6.07, 6.45) is 0. The Bertz CT molecular complexity index is 993. The molecule has 152 valence electrons. The third-order valence-electron chi connectivity index (χ3n) is 4.70. The van der Waals surface area contributed by atoms with Crippen LogP contribution in [0.5, 0.6) is 5.75 Å². The highest BCUT2D eigenvalue weighted by molar-refractivity contribution is 5.69. The molecule has 6 heteroatoms. The van der Waals surface area contributed by atoms with E-state index < -0.39 is 17.5 Å². The molecule has 0 bridgehead atoms. The van der Waals surface area contributed by atoms with E-state index in [-0.39, 0.29) is 17.2 Å². The van der Waals surface area contributed by atoms with Crippen molar-refractivity contribution in [3.8, 4) is 17.0 Å². The number of benzene rings is 2. The van der Waals surface area contributed by atoms with Crippen LogP contribution in [0.3, 0.4) is 0 Å². The van der Waals surface area contributed by atoms with Gasteiger partial charge in [0.05, 0.1) is 12.3 Å². The summed E-state index contributed by atoms with van der Waals surface area (Å²) in [5.74, 6) is -3.02. The smallest absolute Gasteiger partial charge is 0.161 e. The van der Waals surface area contributed by atoms with Crippen molar-refractivity contribution in [2.24, 2.45) is 0 Å². The fourth-order valence-corrected chi connectivity index (χ4v) is 3.36. The molecule has 0 amide bonds. The quantitative estimate of drug-likeness (QED) is 0.552. The van der Waals surface area contributed by atoms with Crippen LogP contribution in [0.15, 0.2) is 48.5 Å². The molecule has 3 aromatic rings. The highest BCUT2D eigenvalue weighted by atomic mass is 19.2. The van der Waals surface area contributed by atoms with Crippen molar-refractivity contribution in [1.29, 1.82) is 0 Å². The zero-order chi connectivity index (χ0) is 21.0. The first-order valence-corrected chi connectivity index (χ1v) is 9.45. The van der Waals surface area contributed by atoms with Gasteiger partial charge in [-0.15, -0.1) is 0 Å². The SMILES string of the molecule is CCOc1c(C)cc(C(CNC)c2ccccc2)nc1-c1cc(F)c(F)cc1F. The molecule has 1 atom stereocenters. The van der Waals surface area contributed by atoms with Gasteiger partial charge in [0.25, 0.3) is 0 Å². The molecular weight excluding hydrogens is 377 g/mol. The van der Waals surface area contributed by atoms with E-state index in [4.69, 9.17) is 4.74 Å². The summed E-state index contributed by atoms with van der Waals surface area (Å²) in [4.78, 5) is 4.66. The van der Waals surface area contributed by atoms with Crippen molar-refractivity contribution in [1.82, 2.24) is 10.3 Å². The molecule has 1 N–H and O–H groups in total. The lowest BCUT2D eigenvalue weighted by atomic mass is 9.93. The third-order valence-corrected chi connectivity index (χ3v) is 4.70. The minimum Gasteiger partial charge on any atom is -0.491 e. The van der Waals surface area contributed by atoms with Crippen LogP contribution in [0.25, 0.3) is 11.3 Å². The van der Waals surface area contributed by atoms with Crippen LogP contribution < -0.4 is 10.1 Å². The maximum Gasteiger partial charge on any atom is 0.161 e. The van der Waals surface area contributed by atoms with Crippen LogP contribution in [0, 0.1) is 24.4 Å². The van der Waals surface area contributed by atoms with Crippen molar-refractivity contribution in [3.63, 3.8) is 0 Å². The molecule has 1 heterocycles. The summed E-state index contributed by atoms with van der Waals surface area (Å²) in [5.41, 5.74) is 2.50. The van der Waals surface area contributed by atoms with Gasteiger partial charge in [0, 0.05) is 24.1 Å². The number of rotatable bonds is 7. The van der Waals surface area contributed by atoms with Crippen LogP contribution in [0.4, 0.5) is 13.2 Å². The number of nitrogens with zero attached hydrogens (tertiary/aromatic N) is 1. The predicted molar refractivity (Wildman–Crippen MR) is 108 cm³/mol. The summed E-state index contributed by atoms with van der Waals surface area (Å²) < 4.78 is 47.6. The maximum atomic E-state index is 14.6. The molecule has 1 aromatic heterocycles. The van der Waals surface area contributed by atoms with Gasteiger partial charge in [-0.3, -0.25) is 0 Å². The van der Waals surface area contributed by atoms with Gasteiger partial charge in [-0.1, -0.05) is 30.3 Å². The number of ether oxygens (including phenoxy) is 1. The lowest BCUT2D eigenvalue weighted by molar-refractivity contribution is 0.337. The highest BCUT2D eigenvalue weighted by Gasteiger charge is 2.23. The van der Waals surface area contributed by atoms with Gasteiger partial charge in [-0.05, 0) is 44.2 Å². The largest absolute Gasteiger partial charge is 0.491 e. The Morgan fingerprint density at radius 3 is 2.34 bits per heavy atom. The number of aromatic nitrogens is 1. The molecule has 29 heavy (non-hydrogen) atoms. The second-order valence-electron chi connectivity index (χ2n) is 6.74. The molecule has 0 saturated heterocycles.